The molecule has 0 spiro atoms. The highest BCUT2D eigenvalue weighted by molar-refractivity contribution is 5.10. The summed E-state index contributed by atoms with van der Waals surface area (Å²) < 4.78 is 5.98. The predicted molar refractivity (Wildman–Crippen MR) is 78.9 cm³/mol. The number of ether oxygens (including phenoxy) is 1. The number of nitrogens with one attached hydrogen (secondary N) is 1. The highest BCUT2D eigenvalue weighted by Crippen LogP contribution is 2.30. The van der Waals surface area contributed by atoms with Gasteiger partial charge >= 0.3 is 0 Å². The molecule has 1 rings (SSSR count). The van der Waals surface area contributed by atoms with E-state index >= 15 is 0 Å². The van der Waals surface area contributed by atoms with Gasteiger partial charge in [-0.25, -0.2) is 0 Å². The highest BCUT2D eigenvalue weighted by atomic mass is 16.5. The topological polar surface area (TPSA) is 45.0 Å². The lowest BCUT2D eigenvalue weighted by Gasteiger charge is -2.37. The summed E-state index contributed by atoms with van der Waals surface area (Å²) in [6.07, 6.45) is 6.59. The standard InChI is InChI=1S/C16H30N2O/c1-13(2)7-6-10-19-15-8-5-9-16(11-15,12-17)18-14(3)4/h13-15,18H,5-11H2,1-4H3. The van der Waals surface area contributed by atoms with Gasteiger partial charge in [-0.2, -0.15) is 5.26 Å². The Bertz CT molecular complexity index is 296. The fourth-order valence-electron chi connectivity index (χ4n) is 2.93. The molecule has 0 heterocycles. The van der Waals surface area contributed by atoms with Gasteiger partial charge in [-0.3, -0.25) is 5.32 Å². The molecule has 0 aromatic rings. The van der Waals surface area contributed by atoms with Gasteiger partial charge in [0.05, 0.1) is 12.2 Å². The van der Waals surface area contributed by atoms with Gasteiger partial charge in [-0.15, -0.1) is 0 Å². The van der Waals surface area contributed by atoms with E-state index in [9.17, 15) is 5.26 Å². The van der Waals surface area contributed by atoms with Gasteiger partial charge in [-0.1, -0.05) is 13.8 Å². The Hall–Kier alpha value is -0.590. The van der Waals surface area contributed by atoms with Crippen LogP contribution in [0.2, 0.25) is 0 Å². The average molecular weight is 266 g/mol. The van der Waals surface area contributed by atoms with Crippen LogP contribution in [0.3, 0.4) is 0 Å². The number of hydrogen-bond donors (Lipinski definition) is 1. The maximum atomic E-state index is 9.48. The van der Waals surface area contributed by atoms with Crippen molar-refractivity contribution in [1.82, 2.24) is 5.32 Å². The Balaban J connectivity index is 2.38. The van der Waals surface area contributed by atoms with Crippen molar-refractivity contribution in [3.8, 4) is 6.07 Å². The van der Waals surface area contributed by atoms with Crippen molar-refractivity contribution in [2.45, 2.75) is 83.9 Å². The summed E-state index contributed by atoms with van der Waals surface area (Å²) in [5.41, 5.74) is -0.366. The molecule has 0 aliphatic heterocycles. The Morgan fingerprint density at radius 3 is 2.68 bits per heavy atom. The number of hydrogen-bond acceptors (Lipinski definition) is 3. The third-order valence-corrected chi connectivity index (χ3v) is 3.76. The van der Waals surface area contributed by atoms with Gasteiger partial charge in [0.15, 0.2) is 0 Å². The minimum atomic E-state index is -0.366. The van der Waals surface area contributed by atoms with Crippen molar-refractivity contribution in [2.75, 3.05) is 6.61 Å². The van der Waals surface area contributed by atoms with E-state index in [2.05, 4.69) is 39.1 Å². The second-order valence-corrected chi connectivity index (χ2v) is 6.62. The van der Waals surface area contributed by atoms with Crippen molar-refractivity contribution in [2.24, 2.45) is 5.92 Å². The first-order valence-electron chi connectivity index (χ1n) is 7.78. The molecule has 0 radical (unpaired) electrons. The largest absolute Gasteiger partial charge is 0.378 e. The molecule has 0 aromatic heterocycles. The zero-order valence-electron chi connectivity index (χ0n) is 13.0. The van der Waals surface area contributed by atoms with Crippen LogP contribution in [0.25, 0.3) is 0 Å². The second kappa shape index (κ2) is 7.87. The van der Waals surface area contributed by atoms with E-state index < -0.39 is 0 Å². The van der Waals surface area contributed by atoms with Crippen LogP contribution in [0.1, 0.15) is 66.2 Å². The lowest BCUT2D eigenvalue weighted by Crippen LogP contribution is -2.52. The van der Waals surface area contributed by atoms with Crippen LogP contribution < -0.4 is 5.32 Å². The minimum Gasteiger partial charge on any atom is -0.378 e. The van der Waals surface area contributed by atoms with Gasteiger partial charge in [0.2, 0.25) is 0 Å². The first kappa shape index (κ1) is 16.5. The smallest absolute Gasteiger partial charge is 0.109 e. The van der Waals surface area contributed by atoms with E-state index in [1.807, 2.05) is 0 Å². The van der Waals surface area contributed by atoms with Gasteiger partial charge in [0.25, 0.3) is 0 Å². The Labute approximate surface area is 118 Å². The molecule has 0 amide bonds. The van der Waals surface area contributed by atoms with Crippen LogP contribution in [0.4, 0.5) is 0 Å². The molecule has 3 nitrogen and oxygen atoms in total. The predicted octanol–water partition coefficient (Wildman–Crippen LogP) is 3.64. The summed E-state index contributed by atoms with van der Waals surface area (Å²) in [6, 6.07) is 2.84. The number of nitrogens with zero attached hydrogens (tertiary/aromatic N) is 1. The quantitative estimate of drug-likeness (QED) is 0.715. The maximum absolute atomic E-state index is 9.48. The first-order valence-corrected chi connectivity index (χ1v) is 7.78. The van der Waals surface area contributed by atoms with Crippen LogP contribution in [0.5, 0.6) is 0 Å². The second-order valence-electron chi connectivity index (χ2n) is 6.62. The van der Waals surface area contributed by atoms with Crippen LogP contribution in [-0.2, 0) is 4.74 Å². The summed E-state index contributed by atoms with van der Waals surface area (Å²) in [5, 5.41) is 12.9. The van der Waals surface area contributed by atoms with Crippen LogP contribution >= 0.6 is 0 Å². The Morgan fingerprint density at radius 1 is 1.37 bits per heavy atom. The molecule has 1 saturated carbocycles. The van der Waals surface area contributed by atoms with Crippen molar-refractivity contribution in [3.63, 3.8) is 0 Å². The van der Waals surface area contributed by atoms with E-state index in [1.54, 1.807) is 0 Å². The molecule has 2 atom stereocenters. The van der Waals surface area contributed by atoms with E-state index in [0.717, 1.165) is 44.6 Å². The third-order valence-electron chi connectivity index (χ3n) is 3.76. The molecule has 1 aliphatic carbocycles. The van der Waals surface area contributed by atoms with Gasteiger partial charge in [-0.05, 0) is 51.9 Å². The molecule has 0 saturated heterocycles. The molecule has 1 N–H and O–H groups in total. The summed E-state index contributed by atoms with van der Waals surface area (Å²) in [6.45, 7) is 9.53. The van der Waals surface area contributed by atoms with Crippen LogP contribution in [0.15, 0.2) is 0 Å². The lowest BCUT2D eigenvalue weighted by atomic mass is 9.80. The van der Waals surface area contributed by atoms with Gasteiger partial charge in [0.1, 0.15) is 5.54 Å². The number of rotatable bonds is 7. The van der Waals surface area contributed by atoms with E-state index in [1.165, 1.54) is 6.42 Å². The zero-order chi connectivity index (χ0) is 14.3. The molecule has 0 aromatic carbocycles. The molecule has 0 bridgehead atoms. The third kappa shape index (κ3) is 5.93. The molecular formula is C16H30N2O. The van der Waals surface area contributed by atoms with Crippen molar-refractivity contribution in [1.29, 1.82) is 5.26 Å². The van der Waals surface area contributed by atoms with Crippen molar-refractivity contribution in [3.05, 3.63) is 0 Å². The molecule has 110 valence electrons. The van der Waals surface area contributed by atoms with Crippen molar-refractivity contribution < 1.29 is 4.74 Å². The molecule has 3 heteroatoms. The van der Waals surface area contributed by atoms with Crippen LogP contribution in [0, 0.1) is 17.2 Å². The minimum absolute atomic E-state index is 0.256. The van der Waals surface area contributed by atoms with E-state index in [4.69, 9.17) is 4.74 Å². The summed E-state index contributed by atoms with van der Waals surface area (Å²) in [5.74, 6) is 0.746. The summed E-state index contributed by atoms with van der Waals surface area (Å²) in [7, 11) is 0. The fourth-order valence-corrected chi connectivity index (χ4v) is 2.93. The van der Waals surface area contributed by atoms with Gasteiger partial charge in [0, 0.05) is 19.1 Å². The monoisotopic (exact) mass is 266 g/mol. The van der Waals surface area contributed by atoms with Gasteiger partial charge < -0.3 is 4.74 Å². The molecule has 1 aliphatic rings. The first-order chi connectivity index (χ1) is 8.97. The lowest BCUT2D eigenvalue weighted by molar-refractivity contribution is 0.00535. The highest BCUT2D eigenvalue weighted by Gasteiger charge is 2.37. The zero-order valence-corrected chi connectivity index (χ0v) is 13.0. The van der Waals surface area contributed by atoms with Crippen molar-refractivity contribution >= 4 is 0 Å². The summed E-state index contributed by atoms with van der Waals surface area (Å²) in [4.78, 5) is 0. The molecular weight excluding hydrogens is 236 g/mol. The van der Waals surface area contributed by atoms with E-state index in [-0.39, 0.29) is 11.6 Å². The van der Waals surface area contributed by atoms with E-state index in [0.29, 0.717) is 6.04 Å². The molecule has 2 unspecified atom stereocenters. The Morgan fingerprint density at radius 2 is 2.11 bits per heavy atom. The Kier molecular flexibility index (Phi) is 6.82. The fraction of sp³-hybridized carbons (Fsp3) is 0.938. The normalized spacial score (nSPS) is 27.7. The summed E-state index contributed by atoms with van der Waals surface area (Å²) >= 11 is 0. The molecule has 19 heavy (non-hydrogen) atoms. The van der Waals surface area contributed by atoms with Crippen LogP contribution in [-0.4, -0.2) is 24.3 Å². The number of nitriles is 1. The maximum Gasteiger partial charge on any atom is 0.109 e. The average Bonchev–Trinajstić information content (AvgIpc) is 2.34. The SMILES string of the molecule is CC(C)CCCOC1CCCC(C#N)(NC(C)C)C1. The molecule has 1 fully saturated rings.